The molecule has 0 N–H and O–H groups in total. The quantitative estimate of drug-likeness (QED) is 0.687. The maximum atomic E-state index is 13.2. The van der Waals surface area contributed by atoms with Crippen molar-refractivity contribution in [2.24, 2.45) is 0 Å². The molecule has 2 heterocycles. The second kappa shape index (κ2) is 5.38. The number of hydrogen-bond donors (Lipinski definition) is 0. The third kappa shape index (κ3) is 2.53. The Labute approximate surface area is 119 Å². The number of nitrogens with zero attached hydrogens (tertiary/aromatic N) is 2. The molecule has 0 fully saturated rings. The lowest BCUT2D eigenvalue weighted by Gasteiger charge is -2.01. The van der Waals surface area contributed by atoms with Crippen LogP contribution >= 0.6 is 11.3 Å². The van der Waals surface area contributed by atoms with Crippen LogP contribution in [0.25, 0.3) is 10.6 Å². The summed E-state index contributed by atoms with van der Waals surface area (Å²) in [6, 6.07) is 10.2. The van der Waals surface area contributed by atoms with E-state index in [1.165, 1.54) is 23.5 Å². The van der Waals surface area contributed by atoms with Gasteiger partial charge in [0.2, 0.25) is 0 Å². The molecule has 0 bridgehead atoms. The highest BCUT2D eigenvalue weighted by Crippen LogP contribution is 2.25. The van der Waals surface area contributed by atoms with Gasteiger partial charge in [-0.25, -0.2) is 4.39 Å². The number of halogens is 1. The Balaban J connectivity index is 1.93. The van der Waals surface area contributed by atoms with Crippen LogP contribution < -0.4 is 0 Å². The molecular weight excluding hydrogens is 275 g/mol. The number of benzene rings is 1. The topological polar surface area (TPSA) is 34.9 Å². The first-order valence-electron chi connectivity index (χ1n) is 6.07. The van der Waals surface area contributed by atoms with E-state index < -0.39 is 0 Å². The Morgan fingerprint density at radius 2 is 2.20 bits per heavy atom. The van der Waals surface area contributed by atoms with Crippen molar-refractivity contribution >= 4 is 17.6 Å². The summed E-state index contributed by atoms with van der Waals surface area (Å²) in [7, 11) is 0. The molecular formula is C15H11FN2OS. The minimum atomic E-state index is -0.274. The number of rotatable bonds is 4. The monoisotopic (exact) mass is 286 g/mol. The van der Waals surface area contributed by atoms with E-state index >= 15 is 0 Å². The molecule has 3 rings (SSSR count). The zero-order chi connectivity index (χ0) is 13.9. The zero-order valence-corrected chi connectivity index (χ0v) is 11.3. The van der Waals surface area contributed by atoms with Crippen LogP contribution in [-0.2, 0) is 6.54 Å². The highest BCUT2D eigenvalue weighted by Gasteiger charge is 2.11. The van der Waals surface area contributed by atoms with Gasteiger partial charge in [-0.1, -0.05) is 18.2 Å². The average molecular weight is 286 g/mol. The standard InChI is InChI=1S/C15H11FN2OS/c16-13-4-1-3-11(7-13)8-18-9-12(10-19)15(17-18)14-5-2-6-20-14/h1-7,9-10H,8H2. The van der Waals surface area contributed by atoms with Crippen LogP contribution in [0.4, 0.5) is 4.39 Å². The number of thiophene rings is 1. The average Bonchev–Trinajstić information content (AvgIpc) is 3.06. The van der Waals surface area contributed by atoms with Crippen LogP contribution in [0.5, 0.6) is 0 Å². The molecule has 0 radical (unpaired) electrons. The molecule has 0 amide bonds. The van der Waals surface area contributed by atoms with Gasteiger partial charge in [-0.2, -0.15) is 5.10 Å². The molecule has 0 aliphatic carbocycles. The van der Waals surface area contributed by atoms with Crippen LogP contribution in [0.1, 0.15) is 15.9 Å². The van der Waals surface area contributed by atoms with Crippen molar-refractivity contribution in [1.82, 2.24) is 9.78 Å². The molecule has 0 spiro atoms. The molecule has 3 aromatic rings. The zero-order valence-electron chi connectivity index (χ0n) is 10.5. The second-order valence-electron chi connectivity index (χ2n) is 4.36. The fourth-order valence-corrected chi connectivity index (χ4v) is 2.76. The van der Waals surface area contributed by atoms with E-state index in [-0.39, 0.29) is 5.82 Å². The summed E-state index contributed by atoms with van der Waals surface area (Å²) < 4.78 is 14.8. The normalized spacial score (nSPS) is 10.7. The van der Waals surface area contributed by atoms with E-state index in [2.05, 4.69) is 5.10 Å². The molecule has 0 unspecified atom stereocenters. The first-order valence-corrected chi connectivity index (χ1v) is 6.95. The number of aldehydes is 1. The van der Waals surface area contributed by atoms with Gasteiger partial charge in [0.15, 0.2) is 6.29 Å². The van der Waals surface area contributed by atoms with Gasteiger partial charge in [-0.3, -0.25) is 9.48 Å². The highest BCUT2D eigenvalue weighted by atomic mass is 32.1. The molecule has 2 aromatic heterocycles. The molecule has 0 saturated carbocycles. The van der Waals surface area contributed by atoms with Gasteiger partial charge in [0, 0.05) is 6.20 Å². The van der Waals surface area contributed by atoms with Crippen molar-refractivity contribution in [3.8, 4) is 10.6 Å². The molecule has 100 valence electrons. The Kier molecular flexibility index (Phi) is 3.43. The van der Waals surface area contributed by atoms with Crippen molar-refractivity contribution in [2.75, 3.05) is 0 Å². The van der Waals surface area contributed by atoms with Gasteiger partial charge in [0.05, 0.1) is 17.0 Å². The summed E-state index contributed by atoms with van der Waals surface area (Å²) in [5.41, 5.74) is 2.03. The van der Waals surface area contributed by atoms with E-state index in [0.717, 1.165) is 16.7 Å². The number of hydrogen-bond acceptors (Lipinski definition) is 3. The van der Waals surface area contributed by atoms with Crippen LogP contribution in [0.2, 0.25) is 0 Å². The van der Waals surface area contributed by atoms with Crippen LogP contribution in [0, 0.1) is 5.82 Å². The highest BCUT2D eigenvalue weighted by molar-refractivity contribution is 7.13. The van der Waals surface area contributed by atoms with E-state index in [1.807, 2.05) is 23.6 Å². The van der Waals surface area contributed by atoms with Gasteiger partial charge in [0.1, 0.15) is 11.5 Å². The maximum absolute atomic E-state index is 13.2. The second-order valence-corrected chi connectivity index (χ2v) is 5.30. The lowest BCUT2D eigenvalue weighted by atomic mass is 10.2. The summed E-state index contributed by atoms with van der Waals surface area (Å²) >= 11 is 1.53. The Hall–Kier alpha value is -2.27. The van der Waals surface area contributed by atoms with Gasteiger partial charge < -0.3 is 0 Å². The molecule has 0 aliphatic rings. The van der Waals surface area contributed by atoms with Crippen LogP contribution in [0.15, 0.2) is 48.0 Å². The predicted molar refractivity (Wildman–Crippen MR) is 76.4 cm³/mol. The van der Waals surface area contributed by atoms with E-state index in [9.17, 15) is 9.18 Å². The largest absolute Gasteiger partial charge is 0.298 e. The SMILES string of the molecule is O=Cc1cn(Cc2cccc(F)c2)nc1-c1cccs1. The Morgan fingerprint density at radius 1 is 1.30 bits per heavy atom. The smallest absolute Gasteiger partial charge is 0.153 e. The minimum absolute atomic E-state index is 0.274. The van der Waals surface area contributed by atoms with Gasteiger partial charge in [0.25, 0.3) is 0 Å². The summed E-state index contributed by atoms with van der Waals surface area (Å²) in [5.74, 6) is -0.274. The third-order valence-electron chi connectivity index (χ3n) is 2.91. The Bertz CT molecular complexity index is 734. The van der Waals surface area contributed by atoms with Gasteiger partial charge >= 0.3 is 0 Å². The number of carbonyl (C=O) groups is 1. The first-order chi connectivity index (χ1) is 9.76. The lowest BCUT2D eigenvalue weighted by Crippen LogP contribution is -2.00. The van der Waals surface area contributed by atoms with Gasteiger partial charge in [-0.05, 0) is 29.1 Å². The Morgan fingerprint density at radius 3 is 2.90 bits per heavy atom. The van der Waals surface area contributed by atoms with Crippen LogP contribution in [0.3, 0.4) is 0 Å². The summed E-state index contributed by atoms with van der Waals surface area (Å²) in [5, 5.41) is 6.36. The molecule has 0 aliphatic heterocycles. The van der Waals surface area contributed by atoms with E-state index in [4.69, 9.17) is 0 Å². The summed E-state index contributed by atoms with van der Waals surface area (Å²) in [6.45, 7) is 0.434. The fraction of sp³-hybridized carbons (Fsp3) is 0.0667. The first kappa shape index (κ1) is 12.7. The molecule has 5 heteroatoms. The summed E-state index contributed by atoms with van der Waals surface area (Å²) in [6.07, 6.45) is 2.48. The lowest BCUT2D eigenvalue weighted by molar-refractivity contribution is 0.112. The molecule has 20 heavy (non-hydrogen) atoms. The minimum Gasteiger partial charge on any atom is -0.298 e. The van der Waals surface area contributed by atoms with Crippen LogP contribution in [-0.4, -0.2) is 16.1 Å². The van der Waals surface area contributed by atoms with Crippen molar-refractivity contribution in [3.63, 3.8) is 0 Å². The van der Waals surface area contributed by atoms with Crippen molar-refractivity contribution in [3.05, 3.63) is 64.9 Å². The molecule has 0 atom stereocenters. The molecule has 0 saturated heterocycles. The molecule has 1 aromatic carbocycles. The number of carbonyl (C=O) groups excluding carboxylic acids is 1. The van der Waals surface area contributed by atoms with Gasteiger partial charge in [-0.15, -0.1) is 11.3 Å². The van der Waals surface area contributed by atoms with Crippen molar-refractivity contribution in [2.45, 2.75) is 6.54 Å². The van der Waals surface area contributed by atoms with Crippen molar-refractivity contribution < 1.29 is 9.18 Å². The molecule has 3 nitrogen and oxygen atoms in total. The van der Waals surface area contributed by atoms with E-state index in [0.29, 0.717) is 17.8 Å². The maximum Gasteiger partial charge on any atom is 0.153 e. The van der Waals surface area contributed by atoms with Crippen molar-refractivity contribution in [1.29, 1.82) is 0 Å². The third-order valence-corrected chi connectivity index (χ3v) is 3.78. The summed E-state index contributed by atoms with van der Waals surface area (Å²) in [4.78, 5) is 12.1. The fourth-order valence-electron chi connectivity index (χ4n) is 2.03. The predicted octanol–water partition coefficient (Wildman–Crippen LogP) is 3.61. The van der Waals surface area contributed by atoms with E-state index in [1.54, 1.807) is 16.9 Å². The number of aromatic nitrogens is 2.